The summed E-state index contributed by atoms with van der Waals surface area (Å²) in [6, 6.07) is 15.0. The van der Waals surface area contributed by atoms with Crippen molar-refractivity contribution in [3.63, 3.8) is 0 Å². The van der Waals surface area contributed by atoms with Crippen molar-refractivity contribution < 1.29 is 9.47 Å². The van der Waals surface area contributed by atoms with Crippen LogP contribution in [0.2, 0.25) is 5.28 Å². The number of rotatable bonds is 8. The zero-order valence-electron chi connectivity index (χ0n) is 15.1. The van der Waals surface area contributed by atoms with Crippen LogP contribution >= 0.6 is 11.6 Å². The maximum absolute atomic E-state index is 6.03. The summed E-state index contributed by atoms with van der Waals surface area (Å²) in [4.78, 5) is 12.6. The highest BCUT2D eigenvalue weighted by Gasteiger charge is 2.07. The quantitative estimate of drug-likeness (QED) is 0.575. The zero-order chi connectivity index (χ0) is 19.1. The maximum Gasteiger partial charge on any atom is 0.233 e. The number of nitrogens with one attached hydrogen (secondary N) is 2. The monoisotopic (exact) mass is 385 g/mol. The summed E-state index contributed by atoms with van der Waals surface area (Å²) in [5.41, 5.74) is 1.63. The highest BCUT2D eigenvalue weighted by molar-refractivity contribution is 6.28. The first-order valence-electron chi connectivity index (χ1n) is 8.57. The van der Waals surface area contributed by atoms with Gasteiger partial charge in [-0.25, -0.2) is 0 Å². The van der Waals surface area contributed by atoms with Crippen molar-refractivity contribution in [1.82, 2.24) is 15.0 Å². The highest BCUT2D eigenvalue weighted by atomic mass is 35.5. The fourth-order valence-corrected chi connectivity index (χ4v) is 2.48. The van der Waals surface area contributed by atoms with Crippen LogP contribution in [0.15, 0.2) is 48.5 Å². The van der Waals surface area contributed by atoms with Crippen LogP contribution in [0.25, 0.3) is 0 Å². The molecule has 0 saturated carbocycles. The summed E-state index contributed by atoms with van der Waals surface area (Å²) >= 11 is 6.03. The van der Waals surface area contributed by atoms with Crippen molar-refractivity contribution in [2.75, 3.05) is 23.8 Å². The molecule has 8 heteroatoms. The van der Waals surface area contributed by atoms with Crippen molar-refractivity contribution in [3.8, 4) is 11.5 Å². The average Bonchev–Trinajstić information content (AvgIpc) is 2.65. The molecule has 0 spiro atoms. The lowest BCUT2D eigenvalue weighted by Crippen LogP contribution is -2.04. The third-order valence-corrected chi connectivity index (χ3v) is 3.62. The van der Waals surface area contributed by atoms with Gasteiger partial charge >= 0.3 is 0 Å². The zero-order valence-corrected chi connectivity index (χ0v) is 15.8. The van der Waals surface area contributed by atoms with Crippen molar-refractivity contribution in [3.05, 3.63) is 53.8 Å². The van der Waals surface area contributed by atoms with Gasteiger partial charge in [0.05, 0.1) is 13.2 Å². The molecule has 0 atom stereocenters. The number of benzene rings is 2. The predicted molar refractivity (Wildman–Crippen MR) is 107 cm³/mol. The average molecular weight is 386 g/mol. The number of hydrogen-bond donors (Lipinski definition) is 2. The van der Waals surface area contributed by atoms with Gasteiger partial charge in [0.1, 0.15) is 11.5 Å². The van der Waals surface area contributed by atoms with Gasteiger partial charge in [-0.1, -0.05) is 0 Å². The maximum atomic E-state index is 6.03. The minimum absolute atomic E-state index is 0.0897. The van der Waals surface area contributed by atoms with Crippen LogP contribution in [-0.2, 0) is 0 Å². The topological polar surface area (TPSA) is 81.2 Å². The summed E-state index contributed by atoms with van der Waals surface area (Å²) in [5.74, 6) is 2.28. The van der Waals surface area contributed by atoms with E-state index in [-0.39, 0.29) is 5.28 Å². The summed E-state index contributed by atoms with van der Waals surface area (Å²) in [5, 5.41) is 6.30. The molecule has 3 rings (SSSR count). The van der Waals surface area contributed by atoms with Gasteiger partial charge in [-0.2, -0.15) is 15.0 Å². The molecule has 3 aromatic rings. The first kappa shape index (κ1) is 18.7. The number of ether oxygens (including phenoxy) is 2. The van der Waals surface area contributed by atoms with Crippen molar-refractivity contribution in [2.45, 2.75) is 13.8 Å². The van der Waals surface area contributed by atoms with Crippen molar-refractivity contribution >= 4 is 34.9 Å². The molecule has 0 aliphatic heterocycles. The lowest BCUT2D eigenvalue weighted by Gasteiger charge is -2.10. The van der Waals surface area contributed by atoms with Gasteiger partial charge in [-0.3, -0.25) is 0 Å². The van der Waals surface area contributed by atoms with Crippen LogP contribution in [0.4, 0.5) is 23.3 Å². The van der Waals surface area contributed by atoms with E-state index in [0.717, 1.165) is 22.9 Å². The van der Waals surface area contributed by atoms with E-state index in [1.807, 2.05) is 62.4 Å². The number of aromatic nitrogens is 3. The van der Waals surface area contributed by atoms with Crippen LogP contribution in [-0.4, -0.2) is 28.2 Å². The van der Waals surface area contributed by atoms with E-state index < -0.39 is 0 Å². The standard InChI is InChI=1S/C19H20ClN5O2/c1-3-26-15-9-5-13(6-10-15)21-18-23-17(20)24-19(25-18)22-14-7-11-16(12-8-14)27-4-2/h5-12H,3-4H2,1-2H3,(H2,21,22,23,24,25). The van der Waals surface area contributed by atoms with E-state index in [4.69, 9.17) is 21.1 Å². The Kier molecular flexibility index (Phi) is 6.27. The Morgan fingerprint density at radius 1 is 0.704 bits per heavy atom. The molecular weight excluding hydrogens is 366 g/mol. The highest BCUT2D eigenvalue weighted by Crippen LogP contribution is 2.22. The summed E-state index contributed by atoms with van der Waals surface area (Å²) < 4.78 is 10.9. The molecule has 0 aliphatic carbocycles. The van der Waals surface area contributed by atoms with E-state index in [9.17, 15) is 0 Å². The van der Waals surface area contributed by atoms with Crippen LogP contribution in [0, 0.1) is 0 Å². The van der Waals surface area contributed by atoms with Gasteiger partial charge in [0, 0.05) is 11.4 Å². The van der Waals surface area contributed by atoms with E-state index in [1.165, 1.54) is 0 Å². The van der Waals surface area contributed by atoms with E-state index >= 15 is 0 Å². The molecule has 27 heavy (non-hydrogen) atoms. The Balaban J connectivity index is 1.71. The molecule has 0 unspecified atom stereocenters. The SMILES string of the molecule is CCOc1ccc(Nc2nc(Cl)nc(Nc3ccc(OCC)cc3)n2)cc1. The fourth-order valence-electron chi connectivity index (χ4n) is 2.32. The third kappa shape index (κ3) is 5.46. The molecule has 0 fully saturated rings. The fraction of sp³-hybridized carbons (Fsp3) is 0.211. The Bertz CT molecular complexity index is 803. The number of anilines is 4. The minimum Gasteiger partial charge on any atom is -0.494 e. The Hall–Kier alpha value is -3.06. The molecule has 2 aromatic carbocycles. The van der Waals surface area contributed by atoms with Crippen LogP contribution < -0.4 is 20.1 Å². The van der Waals surface area contributed by atoms with Gasteiger partial charge in [0.2, 0.25) is 17.2 Å². The summed E-state index contributed by atoms with van der Waals surface area (Å²) in [6.45, 7) is 5.13. The second-order valence-electron chi connectivity index (χ2n) is 5.42. The molecule has 0 bridgehead atoms. The molecule has 1 heterocycles. The summed E-state index contributed by atoms with van der Waals surface area (Å²) in [7, 11) is 0. The largest absolute Gasteiger partial charge is 0.494 e. The number of nitrogens with zero attached hydrogens (tertiary/aromatic N) is 3. The van der Waals surface area contributed by atoms with E-state index in [2.05, 4.69) is 25.6 Å². The van der Waals surface area contributed by atoms with Crippen LogP contribution in [0.5, 0.6) is 11.5 Å². The molecule has 0 saturated heterocycles. The molecule has 1 aromatic heterocycles. The molecule has 0 aliphatic rings. The molecule has 0 amide bonds. The first-order valence-corrected chi connectivity index (χ1v) is 8.95. The van der Waals surface area contributed by atoms with Crippen LogP contribution in [0.1, 0.15) is 13.8 Å². The Morgan fingerprint density at radius 3 is 1.48 bits per heavy atom. The second-order valence-corrected chi connectivity index (χ2v) is 5.75. The van der Waals surface area contributed by atoms with Gasteiger partial charge in [0.15, 0.2) is 0 Å². The van der Waals surface area contributed by atoms with Gasteiger partial charge in [-0.05, 0) is 74.0 Å². The smallest absolute Gasteiger partial charge is 0.233 e. The van der Waals surface area contributed by atoms with E-state index in [0.29, 0.717) is 25.1 Å². The van der Waals surface area contributed by atoms with Gasteiger partial charge in [-0.15, -0.1) is 0 Å². The molecule has 2 N–H and O–H groups in total. The van der Waals surface area contributed by atoms with Crippen LogP contribution in [0.3, 0.4) is 0 Å². The second kappa shape index (κ2) is 9.05. The summed E-state index contributed by atoms with van der Waals surface area (Å²) in [6.07, 6.45) is 0. The number of hydrogen-bond acceptors (Lipinski definition) is 7. The molecule has 7 nitrogen and oxygen atoms in total. The lowest BCUT2D eigenvalue weighted by atomic mass is 10.3. The first-order chi connectivity index (χ1) is 13.2. The normalized spacial score (nSPS) is 10.3. The minimum atomic E-state index is 0.0897. The predicted octanol–water partition coefficient (Wildman–Crippen LogP) is 4.81. The Labute approximate surface area is 162 Å². The van der Waals surface area contributed by atoms with Crippen molar-refractivity contribution in [1.29, 1.82) is 0 Å². The molecule has 140 valence electrons. The molecular formula is C19H20ClN5O2. The third-order valence-electron chi connectivity index (χ3n) is 3.45. The lowest BCUT2D eigenvalue weighted by molar-refractivity contribution is 0.340. The molecule has 0 radical (unpaired) electrons. The number of halogens is 1. The van der Waals surface area contributed by atoms with Crippen molar-refractivity contribution in [2.24, 2.45) is 0 Å². The Morgan fingerprint density at radius 2 is 1.11 bits per heavy atom. The van der Waals surface area contributed by atoms with E-state index in [1.54, 1.807) is 0 Å². The van der Waals surface area contributed by atoms with Gasteiger partial charge < -0.3 is 20.1 Å². The van der Waals surface area contributed by atoms with Gasteiger partial charge in [0.25, 0.3) is 0 Å².